The minimum atomic E-state index is -0.232. The van der Waals surface area contributed by atoms with Crippen molar-refractivity contribution in [1.82, 2.24) is 14.8 Å². The Morgan fingerprint density at radius 3 is 3.03 bits per heavy atom. The van der Waals surface area contributed by atoms with Crippen molar-refractivity contribution in [2.45, 2.75) is 11.7 Å². The number of rotatable bonds is 8. The Morgan fingerprint density at radius 2 is 2.31 bits per heavy atom. The monoisotopic (exact) mass is 445 g/mol. The normalized spacial score (nSPS) is 10.4. The number of nitrogens with zero attached hydrogens (tertiary/aromatic N) is 4. The molecule has 7 nitrogen and oxygen atoms in total. The summed E-state index contributed by atoms with van der Waals surface area (Å²) in [6, 6.07) is 8.96. The second-order valence-electron chi connectivity index (χ2n) is 5.66. The highest BCUT2D eigenvalue weighted by molar-refractivity contribution is 7.99. The van der Waals surface area contributed by atoms with Gasteiger partial charge in [0.25, 0.3) is 0 Å². The van der Waals surface area contributed by atoms with E-state index < -0.39 is 0 Å². The zero-order chi connectivity index (χ0) is 20.8. The third kappa shape index (κ3) is 4.79. The molecule has 0 saturated heterocycles. The van der Waals surface area contributed by atoms with Crippen molar-refractivity contribution in [2.24, 2.45) is 0 Å². The highest BCUT2D eigenvalue weighted by Gasteiger charge is 2.19. The lowest BCUT2D eigenvalue weighted by atomic mass is 10.2. The average molecular weight is 446 g/mol. The summed E-state index contributed by atoms with van der Waals surface area (Å²) >= 11 is 8.69. The largest absolute Gasteiger partial charge is 0.496 e. The minimum Gasteiger partial charge on any atom is -0.496 e. The number of methoxy groups -OCH3 is 1. The third-order valence-electron chi connectivity index (χ3n) is 3.80. The molecule has 0 radical (unpaired) electrons. The van der Waals surface area contributed by atoms with Gasteiger partial charge < -0.3 is 10.1 Å². The topological polar surface area (TPSA) is 92.8 Å². The van der Waals surface area contributed by atoms with E-state index in [-0.39, 0.29) is 11.7 Å². The van der Waals surface area contributed by atoms with Gasteiger partial charge in [0, 0.05) is 11.6 Å². The van der Waals surface area contributed by atoms with Gasteiger partial charge in [0.2, 0.25) is 5.91 Å². The standard InChI is InChI=1S/C19H16ClN5O2S2/c1-3-7-25-17(14-9-13(20)4-5-15(14)27-2)23-24-19(25)29-11-16(26)22-18-12(10-21)6-8-28-18/h3-6,8-9H,1,7,11H2,2H3,(H,22,26). The van der Waals surface area contributed by atoms with E-state index in [1.165, 1.54) is 23.1 Å². The smallest absolute Gasteiger partial charge is 0.235 e. The maximum absolute atomic E-state index is 12.3. The summed E-state index contributed by atoms with van der Waals surface area (Å²) in [5, 5.41) is 23.7. The molecule has 0 fully saturated rings. The molecule has 0 unspecified atom stereocenters. The quantitative estimate of drug-likeness (QED) is 0.406. The van der Waals surface area contributed by atoms with Crippen LogP contribution in [0, 0.1) is 11.3 Å². The van der Waals surface area contributed by atoms with Gasteiger partial charge in [0.15, 0.2) is 11.0 Å². The van der Waals surface area contributed by atoms with E-state index in [1.807, 2.05) is 10.6 Å². The second kappa shape index (κ2) is 9.60. The van der Waals surface area contributed by atoms with Crippen LogP contribution in [-0.2, 0) is 11.3 Å². The SMILES string of the molecule is C=CCn1c(SCC(=O)Nc2sccc2C#N)nnc1-c1cc(Cl)ccc1OC. The van der Waals surface area contributed by atoms with E-state index in [0.717, 1.165) is 0 Å². The van der Waals surface area contributed by atoms with E-state index >= 15 is 0 Å². The molecule has 0 saturated carbocycles. The van der Waals surface area contributed by atoms with Crippen LogP contribution in [-0.4, -0.2) is 33.5 Å². The first-order valence-corrected chi connectivity index (χ1v) is 10.6. The number of nitriles is 1. The van der Waals surface area contributed by atoms with Gasteiger partial charge in [-0.3, -0.25) is 9.36 Å². The van der Waals surface area contributed by atoms with Crippen LogP contribution < -0.4 is 10.1 Å². The van der Waals surface area contributed by atoms with Gasteiger partial charge in [-0.05, 0) is 29.6 Å². The number of anilines is 1. The lowest BCUT2D eigenvalue weighted by molar-refractivity contribution is -0.113. The highest BCUT2D eigenvalue weighted by Crippen LogP contribution is 2.33. The molecule has 0 atom stereocenters. The molecule has 0 aliphatic heterocycles. The molecule has 3 rings (SSSR count). The molecule has 0 spiro atoms. The Labute approximate surface area is 181 Å². The van der Waals surface area contributed by atoms with Crippen molar-refractivity contribution in [3.8, 4) is 23.2 Å². The Balaban J connectivity index is 1.80. The van der Waals surface area contributed by atoms with E-state index in [1.54, 1.807) is 42.8 Å². The molecule has 2 heterocycles. The molecular formula is C19H16ClN5O2S2. The second-order valence-corrected chi connectivity index (χ2v) is 7.96. The molecule has 1 amide bonds. The summed E-state index contributed by atoms with van der Waals surface area (Å²) in [4.78, 5) is 12.3. The number of amides is 1. The fraction of sp³-hybridized carbons (Fsp3) is 0.158. The van der Waals surface area contributed by atoms with Crippen molar-refractivity contribution in [3.63, 3.8) is 0 Å². The third-order valence-corrected chi connectivity index (χ3v) is 5.83. The highest BCUT2D eigenvalue weighted by atomic mass is 35.5. The van der Waals surface area contributed by atoms with Gasteiger partial charge in [-0.25, -0.2) is 0 Å². The average Bonchev–Trinajstić information content (AvgIpc) is 3.33. The van der Waals surface area contributed by atoms with Crippen LogP contribution in [0.3, 0.4) is 0 Å². The van der Waals surface area contributed by atoms with E-state index in [0.29, 0.717) is 44.4 Å². The van der Waals surface area contributed by atoms with Crippen LogP contribution in [0.15, 0.2) is 47.5 Å². The van der Waals surface area contributed by atoms with Crippen LogP contribution in [0.1, 0.15) is 5.56 Å². The van der Waals surface area contributed by atoms with Gasteiger partial charge >= 0.3 is 0 Å². The molecule has 0 aliphatic carbocycles. The van der Waals surface area contributed by atoms with Gasteiger partial charge in [-0.1, -0.05) is 29.4 Å². The molecule has 148 valence electrons. The van der Waals surface area contributed by atoms with Gasteiger partial charge in [0.05, 0.1) is 24.0 Å². The molecule has 29 heavy (non-hydrogen) atoms. The number of hydrogen-bond acceptors (Lipinski definition) is 7. The summed E-state index contributed by atoms with van der Waals surface area (Å²) in [6.07, 6.45) is 1.72. The number of carbonyl (C=O) groups is 1. The number of benzene rings is 1. The summed E-state index contributed by atoms with van der Waals surface area (Å²) in [7, 11) is 1.57. The van der Waals surface area contributed by atoms with Crippen molar-refractivity contribution < 1.29 is 9.53 Å². The predicted octanol–water partition coefficient (Wildman–Crippen LogP) is 4.46. The number of hydrogen-bond donors (Lipinski definition) is 1. The Morgan fingerprint density at radius 1 is 1.48 bits per heavy atom. The first-order valence-electron chi connectivity index (χ1n) is 8.35. The van der Waals surface area contributed by atoms with E-state index in [4.69, 9.17) is 21.6 Å². The van der Waals surface area contributed by atoms with Crippen molar-refractivity contribution in [1.29, 1.82) is 5.26 Å². The fourth-order valence-electron chi connectivity index (χ4n) is 2.53. The van der Waals surface area contributed by atoms with Gasteiger partial charge in [-0.2, -0.15) is 5.26 Å². The number of nitrogens with one attached hydrogen (secondary N) is 1. The number of carbonyl (C=O) groups excluding carboxylic acids is 1. The van der Waals surface area contributed by atoms with Gasteiger partial charge in [0.1, 0.15) is 16.8 Å². The van der Waals surface area contributed by atoms with Crippen LogP contribution in [0.4, 0.5) is 5.00 Å². The zero-order valence-electron chi connectivity index (χ0n) is 15.4. The predicted molar refractivity (Wildman–Crippen MR) is 116 cm³/mol. The van der Waals surface area contributed by atoms with Crippen LogP contribution in [0.5, 0.6) is 5.75 Å². The van der Waals surface area contributed by atoms with Crippen LogP contribution in [0.2, 0.25) is 5.02 Å². The lowest BCUT2D eigenvalue weighted by Gasteiger charge is -2.11. The van der Waals surface area contributed by atoms with Crippen LogP contribution >= 0.6 is 34.7 Å². The first kappa shape index (κ1) is 20.9. The minimum absolute atomic E-state index is 0.116. The number of ether oxygens (including phenoxy) is 1. The number of aromatic nitrogens is 3. The summed E-state index contributed by atoms with van der Waals surface area (Å²) < 4.78 is 7.25. The molecule has 10 heteroatoms. The van der Waals surface area contributed by atoms with E-state index in [9.17, 15) is 4.79 Å². The number of halogens is 1. The number of allylic oxidation sites excluding steroid dienone is 1. The molecule has 0 aliphatic rings. The number of thiophene rings is 1. The first-order chi connectivity index (χ1) is 14.1. The van der Waals surface area contributed by atoms with Crippen molar-refractivity contribution >= 4 is 45.6 Å². The lowest BCUT2D eigenvalue weighted by Crippen LogP contribution is -2.14. The summed E-state index contributed by atoms with van der Waals surface area (Å²) in [5.74, 6) is 1.06. The summed E-state index contributed by atoms with van der Waals surface area (Å²) in [6.45, 7) is 4.23. The molecule has 1 aromatic carbocycles. The summed E-state index contributed by atoms with van der Waals surface area (Å²) in [5.41, 5.74) is 1.14. The molecule has 1 N–H and O–H groups in total. The zero-order valence-corrected chi connectivity index (χ0v) is 17.8. The molecule has 3 aromatic rings. The van der Waals surface area contributed by atoms with E-state index in [2.05, 4.69) is 22.1 Å². The Bertz CT molecular complexity index is 1090. The van der Waals surface area contributed by atoms with Gasteiger partial charge in [-0.15, -0.1) is 28.1 Å². The Hall–Kier alpha value is -2.80. The maximum Gasteiger partial charge on any atom is 0.235 e. The Kier molecular flexibility index (Phi) is 6.93. The molecular weight excluding hydrogens is 430 g/mol. The number of thioether (sulfide) groups is 1. The molecule has 0 bridgehead atoms. The fourth-order valence-corrected chi connectivity index (χ4v) is 4.20. The van der Waals surface area contributed by atoms with Crippen molar-refractivity contribution in [3.05, 3.63) is 52.9 Å². The van der Waals surface area contributed by atoms with Crippen molar-refractivity contribution in [2.75, 3.05) is 18.2 Å². The van der Waals surface area contributed by atoms with Crippen LogP contribution in [0.25, 0.3) is 11.4 Å². The maximum atomic E-state index is 12.3. The molecule has 2 aromatic heterocycles.